The molecule has 0 bridgehead atoms. The minimum absolute atomic E-state index is 0.00114. The molecule has 4 atom stereocenters. The Morgan fingerprint density at radius 2 is 1.05 bits per heavy atom. The minimum Gasteiger partial charge on any atom is -0.493 e. The third-order valence-corrected chi connectivity index (χ3v) is 14.6. The highest BCUT2D eigenvalue weighted by atomic mass is 16.5. The van der Waals surface area contributed by atoms with E-state index in [1.807, 2.05) is 121 Å². The molecule has 2 saturated carbocycles. The van der Waals surface area contributed by atoms with Crippen LogP contribution in [-0.4, -0.2) is 81.3 Å². The summed E-state index contributed by atoms with van der Waals surface area (Å²) in [5.74, 6) is -1.29. The van der Waals surface area contributed by atoms with Crippen LogP contribution < -0.4 is 18.9 Å². The van der Waals surface area contributed by atoms with E-state index < -0.39 is 54.1 Å². The van der Waals surface area contributed by atoms with E-state index in [-0.39, 0.29) is 51.4 Å². The molecular formula is C60H60N2O12. The molecule has 0 saturated heterocycles. The Bertz CT molecular complexity index is 2930. The highest BCUT2D eigenvalue weighted by Gasteiger charge is 2.44. The van der Waals surface area contributed by atoms with Crippen LogP contribution in [0.2, 0.25) is 0 Å². The lowest BCUT2D eigenvalue weighted by Gasteiger charge is -2.41. The first-order chi connectivity index (χ1) is 36.1. The average molecular weight is 1000 g/mol. The molecule has 10 rings (SSSR count). The number of aliphatic carboxylic acids is 2. The first-order valence-electron chi connectivity index (χ1n) is 25.4. The van der Waals surface area contributed by atoms with Crippen LogP contribution >= 0.6 is 0 Å². The van der Waals surface area contributed by atoms with Gasteiger partial charge in [-0.3, -0.25) is 9.59 Å². The molecule has 2 aliphatic heterocycles. The van der Waals surface area contributed by atoms with Crippen molar-refractivity contribution in [1.29, 1.82) is 0 Å². The van der Waals surface area contributed by atoms with Crippen molar-refractivity contribution in [2.24, 2.45) is 0 Å². The van der Waals surface area contributed by atoms with Crippen molar-refractivity contribution in [3.05, 3.63) is 190 Å². The molecule has 4 aliphatic rings. The first-order valence-corrected chi connectivity index (χ1v) is 25.4. The van der Waals surface area contributed by atoms with Gasteiger partial charge in [0.2, 0.25) is 0 Å². The van der Waals surface area contributed by atoms with E-state index in [2.05, 4.69) is 0 Å². The van der Waals surface area contributed by atoms with Crippen LogP contribution in [0.25, 0.3) is 0 Å². The zero-order valence-electron chi connectivity index (χ0n) is 41.3. The maximum atomic E-state index is 14.8. The fourth-order valence-corrected chi connectivity index (χ4v) is 10.6. The van der Waals surface area contributed by atoms with Crippen molar-refractivity contribution in [3.63, 3.8) is 0 Å². The molecule has 74 heavy (non-hydrogen) atoms. The third-order valence-electron chi connectivity index (χ3n) is 14.6. The van der Waals surface area contributed by atoms with Crippen LogP contribution in [0.1, 0.15) is 95.2 Å². The fraction of sp³-hybridized carbons (Fsp3) is 0.333. The summed E-state index contributed by atoms with van der Waals surface area (Å²) in [5.41, 5.74) is 5.94. The number of carbonyl (C=O) groups excluding carboxylic acids is 2. The Morgan fingerprint density at radius 3 is 1.59 bits per heavy atom. The Morgan fingerprint density at radius 1 is 0.554 bits per heavy atom. The molecule has 2 aliphatic carbocycles. The van der Waals surface area contributed by atoms with Gasteiger partial charge >= 0.3 is 11.9 Å². The van der Waals surface area contributed by atoms with E-state index >= 15 is 0 Å². The predicted molar refractivity (Wildman–Crippen MR) is 273 cm³/mol. The number of amides is 2. The number of rotatable bonds is 19. The van der Waals surface area contributed by atoms with Crippen LogP contribution in [0, 0.1) is 0 Å². The molecule has 6 aromatic rings. The SMILES string of the molecule is COc1ccc2c(c1OCc1ccccc1)CC(C(=O)O)N(C(=O)C(OC1CC(Oc3cc4c(c(OCc5ccccc5)c3)CC(C(=O)O)N(C(=O)C(OC3CCCC3)c3ccccc3)C4)C1)c1ccccc1)C2. The molecule has 2 amide bonds. The van der Waals surface area contributed by atoms with Gasteiger partial charge in [0, 0.05) is 56.0 Å². The summed E-state index contributed by atoms with van der Waals surface area (Å²) >= 11 is 0. The topological polar surface area (TPSA) is 171 Å². The molecule has 14 heteroatoms. The van der Waals surface area contributed by atoms with Crippen LogP contribution in [0.3, 0.4) is 0 Å². The summed E-state index contributed by atoms with van der Waals surface area (Å²) in [6.45, 7) is 0.480. The summed E-state index contributed by atoms with van der Waals surface area (Å²) in [5, 5.41) is 21.4. The lowest BCUT2D eigenvalue weighted by atomic mass is 9.90. The van der Waals surface area contributed by atoms with E-state index in [1.54, 1.807) is 31.4 Å². The summed E-state index contributed by atoms with van der Waals surface area (Å²) in [6, 6.07) is 42.6. The minimum atomic E-state index is -1.21. The largest absolute Gasteiger partial charge is 0.493 e. The van der Waals surface area contributed by atoms with Gasteiger partial charge in [-0.1, -0.05) is 140 Å². The van der Waals surface area contributed by atoms with E-state index in [0.717, 1.165) is 42.4 Å². The number of benzene rings is 6. The second-order valence-corrected chi connectivity index (χ2v) is 19.5. The average Bonchev–Trinajstić information content (AvgIpc) is 3.95. The Hall–Kier alpha value is -7.68. The van der Waals surface area contributed by atoms with Gasteiger partial charge in [0.1, 0.15) is 42.9 Å². The molecule has 0 radical (unpaired) electrons. The lowest BCUT2D eigenvalue weighted by molar-refractivity contribution is -0.166. The second kappa shape index (κ2) is 22.6. The summed E-state index contributed by atoms with van der Waals surface area (Å²) in [7, 11) is 1.54. The molecule has 2 fully saturated rings. The maximum Gasteiger partial charge on any atom is 0.326 e. The molecule has 2 N–H and O–H groups in total. The molecule has 14 nitrogen and oxygen atoms in total. The van der Waals surface area contributed by atoms with Gasteiger partial charge in [-0.25, -0.2) is 9.59 Å². The zero-order valence-corrected chi connectivity index (χ0v) is 41.3. The van der Waals surface area contributed by atoms with E-state index in [1.165, 1.54) is 9.80 Å². The Balaban J connectivity index is 0.879. The number of carboxylic acids is 2. The number of ether oxygens (including phenoxy) is 6. The van der Waals surface area contributed by atoms with E-state index in [9.17, 15) is 29.4 Å². The van der Waals surface area contributed by atoms with Crippen molar-refractivity contribution in [2.45, 2.75) is 120 Å². The molecule has 4 unspecified atom stereocenters. The van der Waals surface area contributed by atoms with Crippen molar-refractivity contribution >= 4 is 23.8 Å². The fourth-order valence-electron chi connectivity index (χ4n) is 10.6. The summed E-state index contributed by atoms with van der Waals surface area (Å²) in [4.78, 5) is 58.5. The maximum absolute atomic E-state index is 14.8. The van der Waals surface area contributed by atoms with Gasteiger partial charge in [-0.2, -0.15) is 0 Å². The van der Waals surface area contributed by atoms with E-state index in [4.69, 9.17) is 28.4 Å². The highest BCUT2D eigenvalue weighted by Crippen LogP contribution is 2.43. The van der Waals surface area contributed by atoms with Crippen molar-refractivity contribution in [3.8, 4) is 23.0 Å². The normalized spacial score (nSPS) is 20.0. The van der Waals surface area contributed by atoms with Gasteiger partial charge in [0.15, 0.2) is 23.7 Å². The van der Waals surface area contributed by atoms with Crippen molar-refractivity contribution in [1.82, 2.24) is 9.80 Å². The number of methoxy groups -OCH3 is 1. The molecule has 0 spiro atoms. The third kappa shape index (κ3) is 11.1. The van der Waals surface area contributed by atoms with Gasteiger partial charge in [-0.15, -0.1) is 0 Å². The lowest BCUT2D eigenvalue weighted by Crippen LogP contribution is -2.51. The smallest absolute Gasteiger partial charge is 0.326 e. The van der Waals surface area contributed by atoms with Gasteiger partial charge in [-0.05, 0) is 58.4 Å². The Kier molecular flexibility index (Phi) is 15.2. The van der Waals surface area contributed by atoms with Crippen LogP contribution in [0.15, 0.2) is 146 Å². The number of carboxylic acid groups (broad SMARTS) is 2. The van der Waals surface area contributed by atoms with Gasteiger partial charge < -0.3 is 48.4 Å². The molecule has 382 valence electrons. The van der Waals surface area contributed by atoms with Crippen LogP contribution in [0.4, 0.5) is 0 Å². The highest BCUT2D eigenvalue weighted by molar-refractivity contribution is 5.89. The van der Waals surface area contributed by atoms with Gasteiger partial charge in [0.05, 0.1) is 19.3 Å². The molecule has 6 aromatic carbocycles. The van der Waals surface area contributed by atoms with Crippen LogP contribution in [-0.2, 0) is 67.8 Å². The standard InChI is InChI=1S/C60H60N2O12/c1-69-52-27-26-42-34-61(51(60(67)68)33-49(42)56(52)71-37-39-18-8-3-9-19-39)58(64)55(41-22-12-5-13-23-41)74-47-29-46(30-47)72-45-28-43-35-62(57(63)54(40-20-10-4-11-21-40)73-44-24-14-15-25-44)50(59(65)66)32-48(43)53(31-45)70-36-38-16-6-2-7-17-38/h2-13,16-23,26-28,31,44,46-47,50-51,54-55H,14-15,24-25,29-30,32-37H2,1H3,(H,65,66)(H,67,68). The monoisotopic (exact) mass is 1000 g/mol. The van der Waals surface area contributed by atoms with E-state index in [0.29, 0.717) is 63.7 Å². The number of hydrogen-bond donors (Lipinski definition) is 2. The number of nitrogens with zero attached hydrogens (tertiary/aromatic N) is 2. The van der Waals surface area contributed by atoms with Crippen molar-refractivity contribution < 1.29 is 57.8 Å². The quantitative estimate of drug-likeness (QED) is 0.0789. The summed E-state index contributed by atoms with van der Waals surface area (Å²) in [6.07, 6.45) is 1.61. The molecule has 0 aromatic heterocycles. The number of hydrogen-bond acceptors (Lipinski definition) is 10. The second-order valence-electron chi connectivity index (χ2n) is 19.5. The van der Waals surface area contributed by atoms with Crippen LogP contribution in [0.5, 0.6) is 23.0 Å². The first kappa shape index (κ1) is 49.9. The summed E-state index contributed by atoms with van der Waals surface area (Å²) < 4.78 is 38.3. The Labute approximate surface area is 430 Å². The zero-order chi connectivity index (χ0) is 51.1. The number of fused-ring (bicyclic) bond motifs is 2. The van der Waals surface area contributed by atoms with Gasteiger partial charge in [0.25, 0.3) is 11.8 Å². The number of carbonyl (C=O) groups is 4. The van der Waals surface area contributed by atoms with Crippen molar-refractivity contribution in [2.75, 3.05) is 7.11 Å². The molecular weight excluding hydrogens is 941 g/mol. The molecule has 2 heterocycles. The predicted octanol–water partition coefficient (Wildman–Crippen LogP) is 9.60.